The van der Waals surface area contributed by atoms with Gasteiger partial charge in [-0.25, -0.2) is 0 Å². The fourth-order valence-electron chi connectivity index (χ4n) is 2.67. The van der Waals surface area contributed by atoms with Crippen LogP contribution in [-0.2, 0) is 13.1 Å². The molecule has 0 amide bonds. The third-order valence-electron chi connectivity index (χ3n) is 3.99. The molecular weight excluding hydrogens is 254 g/mol. The minimum Gasteiger partial charge on any atom is -0.309 e. The van der Waals surface area contributed by atoms with Gasteiger partial charge >= 0.3 is 0 Å². The summed E-state index contributed by atoms with van der Waals surface area (Å²) in [6.45, 7) is 4.19. The van der Waals surface area contributed by atoms with Crippen molar-refractivity contribution in [2.75, 3.05) is 0 Å². The fourth-order valence-corrected chi connectivity index (χ4v) is 2.67. The van der Waals surface area contributed by atoms with Crippen molar-refractivity contribution < 1.29 is 0 Å². The zero-order valence-corrected chi connectivity index (χ0v) is 13.1. The van der Waals surface area contributed by atoms with Gasteiger partial charge in [-0.3, -0.25) is 0 Å². The SMILES string of the molecule is CC1CCCC1.c1ccc(CNCc2ccccc2)cc1. The molecule has 0 bridgehead atoms. The molecule has 0 atom stereocenters. The van der Waals surface area contributed by atoms with E-state index in [9.17, 15) is 0 Å². The second kappa shape index (κ2) is 9.36. The summed E-state index contributed by atoms with van der Waals surface area (Å²) in [5, 5.41) is 3.42. The molecule has 0 spiro atoms. The molecule has 1 nitrogen and oxygen atoms in total. The molecule has 21 heavy (non-hydrogen) atoms. The van der Waals surface area contributed by atoms with Crippen molar-refractivity contribution >= 4 is 0 Å². The quantitative estimate of drug-likeness (QED) is 0.815. The van der Waals surface area contributed by atoms with Crippen LogP contribution in [0.3, 0.4) is 0 Å². The second-order valence-corrected chi connectivity index (χ2v) is 5.96. The van der Waals surface area contributed by atoms with Crippen LogP contribution in [0.2, 0.25) is 0 Å². The van der Waals surface area contributed by atoms with Crippen molar-refractivity contribution in [1.82, 2.24) is 5.32 Å². The lowest BCUT2D eigenvalue weighted by Gasteiger charge is -2.04. The van der Waals surface area contributed by atoms with Crippen molar-refractivity contribution in [1.29, 1.82) is 0 Å². The van der Waals surface area contributed by atoms with Crippen LogP contribution in [0.1, 0.15) is 43.7 Å². The Balaban J connectivity index is 0.000000225. The summed E-state index contributed by atoms with van der Waals surface area (Å²) in [6.07, 6.45) is 5.95. The molecule has 3 rings (SSSR count). The lowest BCUT2D eigenvalue weighted by molar-refractivity contribution is 0.612. The molecule has 0 radical (unpaired) electrons. The third kappa shape index (κ3) is 6.59. The lowest BCUT2D eigenvalue weighted by Crippen LogP contribution is -2.12. The zero-order chi connectivity index (χ0) is 14.8. The van der Waals surface area contributed by atoms with Crippen LogP contribution >= 0.6 is 0 Å². The Morgan fingerprint density at radius 1 is 0.762 bits per heavy atom. The lowest BCUT2D eigenvalue weighted by atomic mass is 10.2. The highest BCUT2D eigenvalue weighted by Crippen LogP contribution is 2.22. The summed E-state index contributed by atoms with van der Waals surface area (Å²) in [5.74, 6) is 1.05. The largest absolute Gasteiger partial charge is 0.309 e. The molecule has 0 saturated heterocycles. The molecule has 0 heterocycles. The Labute approximate surface area is 129 Å². The summed E-state index contributed by atoms with van der Waals surface area (Å²) in [5.41, 5.74) is 2.65. The van der Waals surface area contributed by atoms with Gasteiger partial charge in [-0.1, -0.05) is 93.3 Å². The fraction of sp³-hybridized carbons (Fsp3) is 0.400. The van der Waals surface area contributed by atoms with E-state index in [4.69, 9.17) is 0 Å². The maximum atomic E-state index is 3.42. The molecule has 1 saturated carbocycles. The first kappa shape index (κ1) is 15.8. The predicted octanol–water partition coefficient (Wildman–Crippen LogP) is 5.17. The molecule has 1 N–H and O–H groups in total. The van der Waals surface area contributed by atoms with E-state index in [1.54, 1.807) is 0 Å². The van der Waals surface area contributed by atoms with Gasteiger partial charge in [0.05, 0.1) is 0 Å². The van der Waals surface area contributed by atoms with Gasteiger partial charge < -0.3 is 5.32 Å². The van der Waals surface area contributed by atoms with E-state index in [0.717, 1.165) is 19.0 Å². The minimum absolute atomic E-state index is 0.926. The number of rotatable bonds is 4. The first-order chi connectivity index (χ1) is 10.3. The molecular formula is C20H27N. The van der Waals surface area contributed by atoms with Gasteiger partial charge in [0.15, 0.2) is 0 Å². The number of nitrogens with one attached hydrogen (secondary N) is 1. The maximum absolute atomic E-state index is 3.42. The number of benzene rings is 2. The van der Waals surface area contributed by atoms with Crippen molar-refractivity contribution in [3.8, 4) is 0 Å². The van der Waals surface area contributed by atoms with Gasteiger partial charge in [0.2, 0.25) is 0 Å². The van der Waals surface area contributed by atoms with Crippen molar-refractivity contribution in [2.45, 2.75) is 45.7 Å². The summed E-state index contributed by atoms with van der Waals surface area (Å²) in [6, 6.07) is 20.9. The Bertz CT molecular complexity index is 432. The molecule has 0 aliphatic heterocycles. The van der Waals surface area contributed by atoms with Crippen LogP contribution in [0, 0.1) is 5.92 Å². The van der Waals surface area contributed by atoms with E-state index >= 15 is 0 Å². The van der Waals surface area contributed by atoms with E-state index in [2.05, 4.69) is 60.8 Å². The zero-order valence-electron chi connectivity index (χ0n) is 13.1. The smallest absolute Gasteiger partial charge is 0.0208 e. The molecule has 1 fully saturated rings. The highest BCUT2D eigenvalue weighted by molar-refractivity contribution is 5.16. The molecule has 112 valence electrons. The topological polar surface area (TPSA) is 12.0 Å². The van der Waals surface area contributed by atoms with E-state index in [0.29, 0.717) is 0 Å². The average Bonchev–Trinajstić information content (AvgIpc) is 3.01. The van der Waals surface area contributed by atoms with Crippen LogP contribution in [0.5, 0.6) is 0 Å². The standard InChI is InChI=1S/C14H15N.C6H12/c1-3-7-13(8-4-1)11-15-12-14-9-5-2-6-10-14;1-6-4-2-3-5-6/h1-10,15H,11-12H2;6H,2-5H2,1H3. The van der Waals surface area contributed by atoms with E-state index < -0.39 is 0 Å². The van der Waals surface area contributed by atoms with Crippen LogP contribution in [-0.4, -0.2) is 0 Å². The highest BCUT2D eigenvalue weighted by Gasteiger charge is 2.07. The van der Waals surface area contributed by atoms with Gasteiger partial charge in [0, 0.05) is 13.1 Å². The molecule has 2 aromatic rings. The average molecular weight is 281 g/mol. The number of hydrogen-bond acceptors (Lipinski definition) is 1. The van der Waals surface area contributed by atoms with Crippen molar-refractivity contribution in [3.63, 3.8) is 0 Å². The van der Waals surface area contributed by atoms with Crippen molar-refractivity contribution in [2.24, 2.45) is 5.92 Å². The maximum Gasteiger partial charge on any atom is 0.0208 e. The normalized spacial score (nSPS) is 14.5. The van der Waals surface area contributed by atoms with Gasteiger partial charge in [-0.05, 0) is 17.0 Å². The second-order valence-electron chi connectivity index (χ2n) is 5.96. The van der Waals surface area contributed by atoms with Crippen LogP contribution in [0.15, 0.2) is 60.7 Å². The minimum atomic E-state index is 0.926. The molecule has 0 unspecified atom stereocenters. The molecule has 0 aromatic heterocycles. The molecule has 1 aliphatic rings. The summed E-state index contributed by atoms with van der Waals surface area (Å²) < 4.78 is 0. The Morgan fingerprint density at radius 2 is 1.19 bits per heavy atom. The molecule has 1 heteroatoms. The first-order valence-corrected chi connectivity index (χ1v) is 8.13. The van der Waals surface area contributed by atoms with E-state index in [-0.39, 0.29) is 0 Å². The van der Waals surface area contributed by atoms with Gasteiger partial charge in [-0.15, -0.1) is 0 Å². The van der Waals surface area contributed by atoms with Crippen molar-refractivity contribution in [3.05, 3.63) is 71.8 Å². The molecule has 1 aliphatic carbocycles. The summed E-state index contributed by atoms with van der Waals surface area (Å²) in [7, 11) is 0. The third-order valence-corrected chi connectivity index (χ3v) is 3.99. The monoisotopic (exact) mass is 281 g/mol. The van der Waals surface area contributed by atoms with Gasteiger partial charge in [-0.2, -0.15) is 0 Å². The van der Waals surface area contributed by atoms with Crippen LogP contribution in [0.4, 0.5) is 0 Å². The summed E-state index contributed by atoms with van der Waals surface area (Å²) >= 11 is 0. The Hall–Kier alpha value is -1.60. The highest BCUT2D eigenvalue weighted by atomic mass is 14.8. The van der Waals surface area contributed by atoms with Crippen LogP contribution in [0.25, 0.3) is 0 Å². The van der Waals surface area contributed by atoms with Crippen LogP contribution < -0.4 is 5.32 Å². The van der Waals surface area contributed by atoms with E-state index in [1.807, 2.05) is 12.1 Å². The molecule has 2 aromatic carbocycles. The Kier molecular flexibility index (Phi) is 7.03. The Morgan fingerprint density at radius 3 is 1.52 bits per heavy atom. The predicted molar refractivity (Wildman–Crippen MR) is 91.1 cm³/mol. The number of hydrogen-bond donors (Lipinski definition) is 1. The summed E-state index contributed by atoms with van der Waals surface area (Å²) in [4.78, 5) is 0. The van der Waals surface area contributed by atoms with E-state index in [1.165, 1.54) is 36.8 Å². The van der Waals surface area contributed by atoms with Gasteiger partial charge in [0.25, 0.3) is 0 Å². The van der Waals surface area contributed by atoms with Gasteiger partial charge in [0.1, 0.15) is 0 Å². The first-order valence-electron chi connectivity index (χ1n) is 8.13.